The highest BCUT2D eigenvalue weighted by atomic mass is 16.1. The van der Waals surface area contributed by atoms with E-state index < -0.39 is 0 Å². The van der Waals surface area contributed by atoms with Gasteiger partial charge in [0.25, 0.3) is 5.56 Å². The zero-order valence-electron chi connectivity index (χ0n) is 17.9. The van der Waals surface area contributed by atoms with Gasteiger partial charge in [-0.2, -0.15) is 0 Å². The first-order chi connectivity index (χ1) is 15.7. The third-order valence-electron chi connectivity index (χ3n) is 6.32. The Morgan fingerprint density at radius 3 is 2.72 bits per heavy atom. The average Bonchev–Trinajstić information content (AvgIpc) is 3.36. The first kappa shape index (κ1) is 19.0. The normalized spacial score (nSPS) is 15.7. The van der Waals surface area contributed by atoms with E-state index in [1.807, 2.05) is 46.9 Å². The number of aromatic nitrogens is 6. The molecule has 1 fully saturated rings. The molecule has 2 aromatic carbocycles. The zero-order chi connectivity index (χ0) is 21.7. The molecule has 0 saturated carbocycles. The van der Waals surface area contributed by atoms with Crippen LogP contribution in [0.1, 0.15) is 12.2 Å². The molecular weight excluding hydrogens is 404 g/mol. The number of nitrogens with zero attached hydrogens (tertiary/aromatic N) is 7. The van der Waals surface area contributed by atoms with Gasteiger partial charge < -0.3 is 9.88 Å². The highest BCUT2D eigenvalue weighted by Crippen LogP contribution is 2.20. The summed E-state index contributed by atoms with van der Waals surface area (Å²) in [4.78, 5) is 25.6. The van der Waals surface area contributed by atoms with Crippen LogP contribution in [0, 0.1) is 0 Å². The zero-order valence-corrected chi connectivity index (χ0v) is 17.9. The second-order valence-corrected chi connectivity index (χ2v) is 8.33. The van der Waals surface area contributed by atoms with Crippen LogP contribution in [-0.4, -0.2) is 60.2 Å². The summed E-state index contributed by atoms with van der Waals surface area (Å²) >= 11 is 0. The Balaban J connectivity index is 1.28. The van der Waals surface area contributed by atoms with E-state index in [0.29, 0.717) is 17.7 Å². The molecule has 0 atom stereocenters. The third-order valence-corrected chi connectivity index (χ3v) is 6.32. The van der Waals surface area contributed by atoms with Gasteiger partial charge in [-0.05, 0) is 30.7 Å². The minimum Gasteiger partial charge on any atom is -0.341 e. The number of aromatic amines is 1. The molecule has 4 heterocycles. The minimum atomic E-state index is -0.0525. The number of rotatable bonds is 3. The number of hydrogen-bond donors (Lipinski definition) is 1. The Hall–Kier alpha value is -3.72. The van der Waals surface area contributed by atoms with Gasteiger partial charge in [0, 0.05) is 33.2 Å². The Kier molecular flexibility index (Phi) is 4.43. The third kappa shape index (κ3) is 3.04. The standard InChI is InChI=1S/C23H24N8O/c1-28-21(32)16-7-2-5-10-19(16)31-20(26-27-23(28)31)15-29-11-6-12-30(14-13-29)22-24-17-8-3-4-9-18(17)25-22/h2-5,7-10H,6,11-15H2,1H3,(H,24,25). The molecule has 0 aliphatic carbocycles. The van der Waals surface area contributed by atoms with Gasteiger partial charge in [0.1, 0.15) is 0 Å². The van der Waals surface area contributed by atoms with Crippen molar-refractivity contribution in [1.29, 1.82) is 0 Å². The van der Waals surface area contributed by atoms with E-state index in [1.54, 1.807) is 11.6 Å². The van der Waals surface area contributed by atoms with Gasteiger partial charge in [-0.25, -0.2) is 4.98 Å². The molecule has 1 aliphatic rings. The lowest BCUT2D eigenvalue weighted by molar-refractivity contribution is 0.277. The fourth-order valence-corrected chi connectivity index (χ4v) is 4.62. The van der Waals surface area contributed by atoms with Crippen LogP contribution in [0.15, 0.2) is 53.3 Å². The number of aryl methyl sites for hydroxylation is 1. The van der Waals surface area contributed by atoms with E-state index in [4.69, 9.17) is 4.98 Å². The maximum Gasteiger partial charge on any atom is 0.262 e. The Morgan fingerprint density at radius 1 is 0.969 bits per heavy atom. The molecule has 0 amide bonds. The molecule has 3 aromatic heterocycles. The first-order valence-corrected chi connectivity index (χ1v) is 10.9. The average molecular weight is 429 g/mol. The van der Waals surface area contributed by atoms with Crippen LogP contribution in [0.2, 0.25) is 0 Å². The van der Waals surface area contributed by atoms with Crippen LogP contribution in [0.4, 0.5) is 5.95 Å². The van der Waals surface area contributed by atoms with Crippen molar-refractivity contribution in [3.05, 3.63) is 64.7 Å². The Labute approximate surface area is 183 Å². The molecule has 0 spiro atoms. The van der Waals surface area contributed by atoms with Crippen LogP contribution >= 0.6 is 0 Å². The van der Waals surface area contributed by atoms with E-state index in [9.17, 15) is 4.79 Å². The van der Waals surface area contributed by atoms with Gasteiger partial charge in [0.15, 0.2) is 5.82 Å². The van der Waals surface area contributed by atoms with E-state index in [1.165, 1.54) is 0 Å². The molecule has 9 nitrogen and oxygen atoms in total. The number of nitrogens with one attached hydrogen (secondary N) is 1. The van der Waals surface area contributed by atoms with Crippen molar-refractivity contribution in [3.8, 4) is 0 Å². The van der Waals surface area contributed by atoms with Crippen molar-refractivity contribution in [3.63, 3.8) is 0 Å². The number of benzene rings is 2. The summed E-state index contributed by atoms with van der Waals surface area (Å²) in [6.45, 7) is 4.38. The summed E-state index contributed by atoms with van der Waals surface area (Å²) in [6, 6.07) is 15.8. The number of imidazole rings is 1. The monoisotopic (exact) mass is 428 g/mol. The molecule has 5 aromatic rings. The number of fused-ring (bicyclic) bond motifs is 4. The van der Waals surface area contributed by atoms with Crippen LogP contribution < -0.4 is 10.5 Å². The van der Waals surface area contributed by atoms with Crippen LogP contribution in [0.5, 0.6) is 0 Å². The molecule has 162 valence electrons. The summed E-state index contributed by atoms with van der Waals surface area (Å²) in [7, 11) is 1.75. The van der Waals surface area contributed by atoms with Gasteiger partial charge in [-0.15, -0.1) is 10.2 Å². The smallest absolute Gasteiger partial charge is 0.262 e. The van der Waals surface area contributed by atoms with Crippen LogP contribution in [-0.2, 0) is 13.6 Å². The quantitative estimate of drug-likeness (QED) is 0.474. The lowest BCUT2D eigenvalue weighted by atomic mass is 10.2. The van der Waals surface area contributed by atoms with E-state index >= 15 is 0 Å². The van der Waals surface area contributed by atoms with Gasteiger partial charge in [0.2, 0.25) is 11.7 Å². The van der Waals surface area contributed by atoms with Crippen molar-refractivity contribution in [2.45, 2.75) is 13.0 Å². The summed E-state index contributed by atoms with van der Waals surface area (Å²) in [5, 5.41) is 9.46. The molecule has 32 heavy (non-hydrogen) atoms. The van der Waals surface area contributed by atoms with E-state index in [0.717, 1.165) is 60.9 Å². The molecule has 1 N–H and O–H groups in total. The van der Waals surface area contributed by atoms with Crippen molar-refractivity contribution >= 4 is 33.7 Å². The number of hydrogen-bond acceptors (Lipinski definition) is 6. The van der Waals surface area contributed by atoms with E-state index in [-0.39, 0.29) is 5.56 Å². The Morgan fingerprint density at radius 2 is 1.81 bits per heavy atom. The lowest BCUT2D eigenvalue weighted by Gasteiger charge is -2.21. The van der Waals surface area contributed by atoms with Crippen molar-refractivity contribution < 1.29 is 0 Å². The Bertz CT molecular complexity index is 1460. The fourth-order valence-electron chi connectivity index (χ4n) is 4.62. The van der Waals surface area contributed by atoms with Crippen molar-refractivity contribution in [2.24, 2.45) is 7.05 Å². The fraction of sp³-hybridized carbons (Fsp3) is 0.304. The van der Waals surface area contributed by atoms with Crippen LogP contribution in [0.25, 0.3) is 27.7 Å². The summed E-state index contributed by atoms with van der Waals surface area (Å²) in [5.41, 5.74) is 2.86. The van der Waals surface area contributed by atoms with Crippen LogP contribution in [0.3, 0.4) is 0 Å². The van der Waals surface area contributed by atoms with Gasteiger partial charge >= 0.3 is 0 Å². The molecule has 1 saturated heterocycles. The highest BCUT2D eigenvalue weighted by Gasteiger charge is 2.21. The maximum absolute atomic E-state index is 12.7. The summed E-state index contributed by atoms with van der Waals surface area (Å²) < 4.78 is 3.59. The first-order valence-electron chi connectivity index (χ1n) is 10.9. The molecule has 0 radical (unpaired) electrons. The van der Waals surface area contributed by atoms with E-state index in [2.05, 4.69) is 31.0 Å². The number of anilines is 1. The topological polar surface area (TPSA) is 87.4 Å². The van der Waals surface area contributed by atoms with Crippen molar-refractivity contribution in [2.75, 3.05) is 31.1 Å². The molecule has 9 heteroatoms. The summed E-state index contributed by atoms with van der Waals surface area (Å²) in [6.07, 6.45) is 1.03. The minimum absolute atomic E-state index is 0.0525. The molecular formula is C23H24N8O. The van der Waals surface area contributed by atoms with Gasteiger partial charge in [-0.3, -0.25) is 18.7 Å². The second kappa shape index (κ2) is 7.45. The largest absolute Gasteiger partial charge is 0.341 e. The molecule has 0 bridgehead atoms. The molecule has 6 rings (SSSR count). The van der Waals surface area contributed by atoms with Gasteiger partial charge in [0.05, 0.1) is 28.5 Å². The van der Waals surface area contributed by atoms with Crippen molar-refractivity contribution in [1.82, 2.24) is 34.0 Å². The number of para-hydroxylation sites is 3. The highest BCUT2D eigenvalue weighted by molar-refractivity contribution is 5.80. The SMILES string of the molecule is Cn1c(=O)c2ccccc2n2c(CN3CCCN(c4nc5ccccc5[nH]4)CC3)nnc12. The predicted octanol–water partition coefficient (Wildman–Crippen LogP) is 2.17. The van der Waals surface area contributed by atoms with Gasteiger partial charge in [-0.1, -0.05) is 24.3 Å². The number of H-pyrrole nitrogens is 1. The second-order valence-electron chi connectivity index (χ2n) is 8.33. The predicted molar refractivity (Wildman–Crippen MR) is 124 cm³/mol. The molecule has 0 unspecified atom stereocenters. The lowest BCUT2D eigenvalue weighted by Crippen LogP contribution is -2.31. The summed E-state index contributed by atoms with van der Waals surface area (Å²) in [5.74, 6) is 2.35. The molecule has 1 aliphatic heterocycles. The maximum atomic E-state index is 12.7.